The van der Waals surface area contributed by atoms with Gasteiger partial charge in [0.05, 0.1) is 19.2 Å². The van der Waals surface area contributed by atoms with Gasteiger partial charge in [0.15, 0.2) is 0 Å². The lowest BCUT2D eigenvalue weighted by atomic mass is 9.84. The van der Waals surface area contributed by atoms with Crippen LogP contribution in [-0.4, -0.2) is 34.8 Å². The molecule has 0 aliphatic heterocycles. The Labute approximate surface area is 135 Å². The van der Waals surface area contributed by atoms with Gasteiger partial charge in [-0.25, -0.2) is 0 Å². The van der Waals surface area contributed by atoms with Crippen molar-refractivity contribution in [1.29, 1.82) is 0 Å². The number of hydrogen-bond donors (Lipinski definition) is 1. The fourth-order valence-electron chi connectivity index (χ4n) is 4.73. The van der Waals surface area contributed by atoms with Gasteiger partial charge in [0.25, 0.3) is 0 Å². The first-order valence-corrected chi connectivity index (χ1v) is 8.45. The van der Waals surface area contributed by atoms with Crippen LogP contribution in [0.25, 0.3) is 0 Å². The Balaban J connectivity index is 1.42. The normalized spacial score (nSPS) is 37.7. The number of hydrogen-bond acceptors (Lipinski definition) is 4. The molecule has 1 aromatic rings. The minimum atomic E-state index is -0.165. The summed E-state index contributed by atoms with van der Waals surface area (Å²) in [6, 6.07) is -0.0381. The maximum atomic E-state index is 12.6. The molecule has 1 heterocycles. The van der Waals surface area contributed by atoms with Crippen molar-refractivity contribution in [3.63, 3.8) is 0 Å². The molecule has 124 valence electrons. The van der Waals surface area contributed by atoms with Crippen LogP contribution < -0.4 is 5.32 Å². The van der Waals surface area contributed by atoms with E-state index >= 15 is 0 Å². The van der Waals surface area contributed by atoms with Crippen LogP contribution >= 0.6 is 0 Å². The number of esters is 1. The van der Waals surface area contributed by atoms with E-state index in [1.807, 2.05) is 19.4 Å². The number of nitrogens with one attached hydrogen (secondary N) is 1. The number of carbonyl (C=O) groups excluding carboxylic acids is 2. The number of ether oxygens (including phenoxy) is 1. The second kappa shape index (κ2) is 5.35. The molecule has 0 unspecified atom stereocenters. The van der Waals surface area contributed by atoms with Gasteiger partial charge in [0, 0.05) is 25.2 Å². The summed E-state index contributed by atoms with van der Waals surface area (Å²) >= 11 is 0. The number of aryl methyl sites for hydroxylation is 1. The third-order valence-corrected chi connectivity index (χ3v) is 5.98. The number of amides is 1. The predicted octanol–water partition coefficient (Wildman–Crippen LogP) is 1.23. The summed E-state index contributed by atoms with van der Waals surface area (Å²) in [4.78, 5) is 24.7. The van der Waals surface area contributed by atoms with Gasteiger partial charge in [0.2, 0.25) is 5.91 Å². The van der Waals surface area contributed by atoms with Crippen molar-refractivity contribution in [2.24, 2.45) is 30.7 Å². The van der Waals surface area contributed by atoms with Crippen LogP contribution in [0, 0.1) is 23.7 Å². The van der Waals surface area contributed by atoms with Gasteiger partial charge < -0.3 is 10.1 Å². The van der Waals surface area contributed by atoms with E-state index in [4.69, 9.17) is 4.74 Å². The molecule has 0 radical (unpaired) electrons. The fraction of sp³-hybridized carbons (Fsp3) is 0.706. The predicted molar refractivity (Wildman–Crippen MR) is 82.3 cm³/mol. The molecule has 0 aromatic carbocycles. The van der Waals surface area contributed by atoms with Crippen LogP contribution in [0.3, 0.4) is 0 Å². The molecule has 6 heteroatoms. The van der Waals surface area contributed by atoms with E-state index in [9.17, 15) is 9.59 Å². The Bertz CT molecular complexity index is 641. The second-order valence-electron chi connectivity index (χ2n) is 7.31. The number of aromatic nitrogens is 2. The van der Waals surface area contributed by atoms with E-state index in [0.29, 0.717) is 11.8 Å². The highest BCUT2D eigenvalue weighted by molar-refractivity contribution is 5.84. The maximum absolute atomic E-state index is 12.6. The molecule has 0 saturated heterocycles. The lowest BCUT2D eigenvalue weighted by Gasteiger charge is -2.29. The van der Waals surface area contributed by atoms with E-state index in [-0.39, 0.29) is 35.7 Å². The summed E-state index contributed by atoms with van der Waals surface area (Å²) in [5.41, 5.74) is 1.13. The van der Waals surface area contributed by atoms with Gasteiger partial charge in [-0.2, -0.15) is 5.10 Å². The minimum absolute atomic E-state index is 0.0247. The maximum Gasteiger partial charge on any atom is 0.311 e. The summed E-state index contributed by atoms with van der Waals surface area (Å²) < 4.78 is 6.74. The Kier molecular flexibility index (Phi) is 3.43. The van der Waals surface area contributed by atoms with Crippen molar-refractivity contribution in [1.82, 2.24) is 15.1 Å². The third kappa shape index (κ3) is 2.44. The number of rotatable bonds is 4. The molecule has 1 aromatic heterocycles. The molecule has 3 aliphatic carbocycles. The average molecular weight is 317 g/mol. The fourth-order valence-corrected chi connectivity index (χ4v) is 4.73. The molecule has 1 amide bonds. The van der Waals surface area contributed by atoms with E-state index < -0.39 is 0 Å². The van der Waals surface area contributed by atoms with Gasteiger partial charge in [-0.05, 0) is 49.0 Å². The molecule has 1 N–H and O–H groups in total. The molecule has 2 bridgehead atoms. The smallest absolute Gasteiger partial charge is 0.311 e. The largest absolute Gasteiger partial charge is 0.469 e. The van der Waals surface area contributed by atoms with Gasteiger partial charge in [-0.1, -0.05) is 0 Å². The number of methoxy groups -OCH3 is 1. The Morgan fingerprint density at radius 3 is 2.78 bits per heavy atom. The van der Waals surface area contributed by atoms with Gasteiger partial charge in [0.1, 0.15) is 0 Å². The van der Waals surface area contributed by atoms with E-state index in [1.165, 1.54) is 7.11 Å². The molecule has 23 heavy (non-hydrogen) atoms. The number of fused-ring (bicyclic) bond motifs is 2. The van der Waals surface area contributed by atoms with Crippen molar-refractivity contribution < 1.29 is 14.3 Å². The molecule has 6 nitrogen and oxygen atoms in total. The van der Waals surface area contributed by atoms with Crippen LogP contribution in [0.5, 0.6) is 0 Å². The molecule has 6 atom stereocenters. The highest BCUT2D eigenvalue weighted by Gasteiger charge is 2.53. The topological polar surface area (TPSA) is 73.2 Å². The second-order valence-corrected chi connectivity index (χ2v) is 7.31. The molecule has 4 rings (SSSR count). The monoisotopic (exact) mass is 317 g/mol. The van der Waals surface area contributed by atoms with E-state index in [0.717, 1.165) is 31.2 Å². The molecule has 3 saturated carbocycles. The summed E-state index contributed by atoms with van der Waals surface area (Å²) in [5, 5.41) is 7.35. The highest BCUT2D eigenvalue weighted by Crippen LogP contribution is 2.51. The summed E-state index contributed by atoms with van der Waals surface area (Å²) in [7, 11) is 3.32. The van der Waals surface area contributed by atoms with Gasteiger partial charge in [-0.3, -0.25) is 14.3 Å². The first kappa shape index (κ1) is 14.7. The van der Waals surface area contributed by atoms with Crippen LogP contribution in [0.4, 0.5) is 0 Å². The van der Waals surface area contributed by atoms with E-state index in [1.54, 1.807) is 4.68 Å². The summed E-state index contributed by atoms with van der Waals surface area (Å²) in [5.74, 6) is 0.885. The van der Waals surface area contributed by atoms with Crippen molar-refractivity contribution in [3.8, 4) is 0 Å². The zero-order valence-corrected chi connectivity index (χ0v) is 13.6. The first-order valence-electron chi connectivity index (χ1n) is 8.45. The SMILES string of the molecule is COC(=O)[C@@H]1[C@H]2CC[C@@H](C2)[C@@H]1NC(=O)[C@@H]1C[C@@H]1c1cnn(C)c1. The number of carbonyl (C=O) groups is 2. The van der Waals surface area contributed by atoms with Crippen LogP contribution in [0.2, 0.25) is 0 Å². The van der Waals surface area contributed by atoms with Crippen LogP contribution in [-0.2, 0) is 21.4 Å². The van der Waals surface area contributed by atoms with Crippen molar-refractivity contribution in [2.45, 2.75) is 37.6 Å². The Hall–Kier alpha value is -1.85. The van der Waals surface area contributed by atoms with Crippen molar-refractivity contribution >= 4 is 11.9 Å². The molecule has 0 spiro atoms. The first-order chi connectivity index (χ1) is 11.1. The number of nitrogens with zero attached hydrogens (tertiary/aromatic N) is 2. The molecular formula is C17H23N3O3. The minimum Gasteiger partial charge on any atom is -0.469 e. The third-order valence-electron chi connectivity index (χ3n) is 5.98. The quantitative estimate of drug-likeness (QED) is 0.848. The van der Waals surface area contributed by atoms with Gasteiger partial charge >= 0.3 is 5.97 Å². The molecular weight excluding hydrogens is 294 g/mol. The standard InChI is InChI=1S/C17H23N3O3/c1-20-8-11(7-18-20)12-6-13(12)16(21)19-15-10-4-3-9(5-10)14(15)17(22)23-2/h7-10,12-15H,3-6H2,1-2H3,(H,19,21)/t9-,10-,12+,13+,14+,15-/m0/s1. The Morgan fingerprint density at radius 1 is 1.30 bits per heavy atom. The lowest BCUT2D eigenvalue weighted by Crippen LogP contribution is -2.47. The lowest BCUT2D eigenvalue weighted by molar-refractivity contribution is -0.148. The van der Waals surface area contributed by atoms with Gasteiger partial charge in [-0.15, -0.1) is 0 Å². The molecule has 3 aliphatic rings. The van der Waals surface area contributed by atoms with Crippen molar-refractivity contribution in [2.75, 3.05) is 7.11 Å². The average Bonchev–Trinajstić information content (AvgIpc) is 2.86. The molecule has 3 fully saturated rings. The summed E-state index contributed by atoms with van der Waals surface area (Å²) in [6.07, 6.45) is 7.93. The zero-order valence-electron chi connectivity index (χ0n) is 13.6. The summed E-state index contributed by atoms with van der Waals surface area (Å²) in [6.45, 7) is 0. The highest BCUT2D eigenvalue weighted by atomic mass is 16.5. The van der Waals surface area contributed by atoms with Crippen LogP contribution in [0.15, 0.2) is 12.4 Å². The van der Waals surface area contributed by atoms with Crippen LogP contribution in [0.1, 0.15) is 37.2 Å². The van der Waals surface area contributed by atoms with Crippen molar-refractivity contribution in [3.05, 3.63) is 18.0 Å². The zero-order chi connectivity index (χ0) is 16.1. The van der Waals surface area contributed by atoms with E-state index in [2.05, 4.69) is 10.4 Å². The Morgan fingerprint density at radius 2 is 2.09 bits per heavy atom.